The summed E-state index contributed by atoms with van der Waals surface area (Å²) in [4.78, 5) is 0. The zero-order valence-electron chi connectivity index (χ0n) is 13.9. The molecule has 0 saturated heterocycles. The first-order valence-electron chi connectivity index (χ1n) is 7.81. The molecule has 25 heavy (non-hydrogen) atoms. The van der Waals surface area contributed by atoms with Crippen LogP contribution in [0.25, 0.3) is 22.3 Å². The van der Waals surface area contributed by atoms with Gasteiger partial charge in [0.15, 0.2) is 0 Å². The molecule has 3 aromatic rings. The Morgan fingerprint density at radius 3 is 1.80 bits per heavy atom. The van der Waals surface area contributed by atoms with Gasteiger partial charge in [0.25, 0.3) is 0 Å². The lowest BCUT2D eigenvalue weighted by molar-refractivity contribution is -0.137. The maximum atomic E-state index is 12.7. The van der Waals surface area contributed by atoms with E-state index in [1.165, 1.54) is 12.1 Å². The highest BCUT2D eigenvalue weighted by Crippen LogP contribution is 2.33. The Bertz CT molecular complexity index is 863. The van der Waals surface area contributed by atoms with Gasteiger partial charge in [0.1, 0.15) is 5.75 Å². The number of rotatable bonds is 3. The van der Waals surface area contributed by atoms with Crippen LogP contribution in [0.1, 0.15) is 11.1 Å². The average Bonchev–Trinajstić information content (AvgIpc) is 2.61. The first kappa shape index (κ1) is 17.1. The number of ether oxygens (including phenoxy) is 1. The Hall–Kier alpha value is -2.75. The van der Waals surface area contributed by atoms with E-state index in [1.807, 2.05) is 49.4 Å². The molecule has 0 aliphatic heterocycles. The number of hydrogen-bond donors (Lipinski definition) is 0. The van der Waals surface area contributed by atoms with E-state index in [0.717, 1.165) is 45.7 Å². The van der Waals surface area contributed by atoms with E-state index in [2.05, 4.69) is 0 Å². The van der Waals surface area contributed by atoms with Crippen LogP contribution in [-0.2, 0) is 6.18 Å². The lowest BCUT2D eigenvalue weighted by Gasteiger charge is -2.11. The average molecular weight is 342 g/mol. The van der Waals surface area contributed by atoms with Crippen LogP contribution in [-0.4, -0.2) is 7.11 Å². The van der Waals surface area contributed by atoms with E-state index < -0.39 is 11.7 Å². The molecular weight excluding hydrogens is 325 g/mol. The minimum Gasteiger partial charge on any atom is -0.497 e. The highest BCUT2D eigenvalue weighted by atomic mass is 19.4. The van der Waals surface area contributed by atoms with Crippen LogP contribution in [0.5, 0.6) is 5.75 Å². The molecule has 3 aromatic carbocycles. The fourth-order valence-electron chi connectivity index (χ4n) is 2.79. The number of halogens is 3. The van der Waals surface area contributed by atoms with Crippen molar-refractivity contribution in [3.8, 4) is 28.0 Å². The molecular formula is C21H17F3O. The quantitative estimate of drug-likeness (QED) is 0.538. The molecule has 0 spiro atoms. The Kier molecular flexibility index (Phi) is 4.53. The van der Waals surface area contributed by atoms with Gasteiger partial charge in [-0.05, 0) is 59.0 Å². The van der Waals surface area contributed by atoms with E-state index in [-0.39, 0.29) is 0 Å². The summed E-state index contributed by atoms with van der Waals surface area (Å²) in [5.74, 6) is 0.794. The van der Waals surface area contributed by atoms with Gasteiger partial charge < -0.3 is 4.74 Å². The summed E-state index contributed by atoms with van der Waals surface area (Å²) in [6, 6.07) is 18.9. The number of methoxy groups -OCH3 is 1. The number of benzene rings is 3. The van der Waals surface area contributed by atoms with Gasteiger partial charge in [0.2, 0.25) is 0 Å². The molecule has 0 aliphatic rings. The monoisotopic (exact) mass is 342 g/mol. The molecule has 0 saturated carbocycles. The second-order valence-electron chi connectivity index (χ2n) is 5.83. The van der Waals surface area contributed by atoms with Gasteiger partial charge >= 0.3 is 6.18 Å². The van der Waals surface area contributed by atoms with Crippen LogP contribution < -0.4 is 4.74 Å². The molecule has 0 fully saturated rings. The van der Waals surface area contributed by atoms with Crippen LogP contribution in [0.15, 0.2) is 66.7 Å². The summed E-state index contributed by atoms with van der Waals surface area (Å²) < 4.78 is 43.2. The number of hydrogen-bond acceptors (Lipinski definition) is 1. The molecule has 0 heterocycles. The zero-order chi connectivity index (χ0) is 18.0. The third-order valence-electron chi connectivity index (χ3n) is 4.17. The zero-order valence-corrected chi connectivity index (χ0v) is 13.9. The SMILES string of the molecule is COc1ccc(-c2ccc(-c3ccc(C(F)(F)F)cc3)cc2C)cc1. The van der Waals surface area contributed by atoms with Gasteiger partial charge in [-0.25, -0.2) is 0 Å². The fraction of sp³-hybridized carbons (Fsp3) is 0.143. The smallest absolute Gasteiger partial charge is 0.416 e. The predicted molar refractivity (Wildman–Crippen MR) is 93.6 cm³/mol. The van der Waals surface area contributed by atoms with Crippen molar-refractivity contribution in [3.63, 3.8) is 0 Å². The Labute approximate surface area is 144 Å². The largest absolute Gasteiger partial charge is 0.497 e. The van der Waals surface area contributed by atoms with E-state index in [9.17, 15) is 13.2 Å². The van der Waals surface area contributed by atoms with Crippen LogP contribution >= 0.6 is 0 Å². The van der Waals surface area contributed by atoms with Gasteiger partial charge in [-0.15, -0.1) is 0 Å². The van der Waals surface area contributed by atoms with Crippen molar-refractivity contribution in [1.29, 1.82) is 0 Å². The molecule has 0 amide bonds. The van der Waals surface area contributed by atoms with Gasteiger partial charge in [0.05, 0.1) is 12.7 Å². The van der Waals surface area contributed by atoms with E-state index in [1.54, 1.807) is 7.11 Å². The van der Waals surface area contributed by atoms with E-state index >= 15 is 0 Å². The normalized spacial score (nSPS) is 11.4. The van der Waals surface area contributed by atoms with Crippen molar-refractivity contribution < 1.29 is 17.9 Å². The van der Waals surface area contributed by atoms with Crippen LogP contribution in [0.4, 0.5) is 13.2 Å². The minimum atomic E-state index is -4.31. The summed E-state index contributed by atoms with van der Waals surface area (Å²) in [5.41, 5.74) is 4.22. The molecule has 3 rings (SSSR count). The van der Waals surface area contributed by atoms with Crippen molar-refractivity contribution in [2.75, 3.05) is 7.11 Å². The van der Waals surface area contributed by atoms with Crippen LogP contribution in [0.3, 0.4) is 0 Å². The molecule has 0 aromatic heterocycles. The second-order valence-corrected chi connectivity index (χ2v) is 5.83. The van der Waals surface area contributed by atoms with Crippen molar-refractivity contribution in [2.24, 2.45) is 0 Å². The van der Waals surface area contributed by atoms with Gasteiger partial charge in [0, 0.05) is 0 Å². The molecule has 0 N–H and O–H groups in total. The molecule has 0 aliphatic carbocycles. The van der Waals surface area contributed by atoms with Crippen LogP contribution in [0.2, 0.25) is 0 Å². The maximum absolute atomic E-state index is 12.7. The van der Waals surface area contributed by atoms with Crippen LogP contribution in [0, 0.1) is 6.92 Å². The van der Waals surface area contributed by atoms with Gasteiger partial charge in [-0.2, -0.15) is 13.2 Å². The van der Waals surface area contributed by atoms with Crippen molar-refractivity contribution in [2.45, 2.75) is 13.1 Å². The van der Waals surface area contributed by atoms with Crippen molar-refractivity contribution >= 4 is 0 Å². The predicted octanol–water partition coefficient (Wildman–Crippen LogP) is 6.36. The lowest BCUT2D eigenvalue weighted by atomic mass is 9.95. The molecule has 4 heteroatoms. The molecule has 128 valence electrons. The standard InChI is InChI=1S/C21H17F3O/c1-14-13-17(15-3-8-18(9-4-15)21(22,23)24)7-12-20(14)16-5-10-19(25-2)11-6-16/h3-13H,1-2H3. The third kappa shape index (κ3) is 3.68. The number of alkyl halides is 3. The topological polar surface area (TPSA) is 9.23 Å². The summed E-state index contributed by atoms with van der Waals surface area (Å²) in [6.45, 7) is 1.99. The number of aryl methyl sites for hydroxylation is 1. The molecule has 0 unspecified atom stereocenters. The molecule has 0 radical (unpaired) electrons. The highest BCUT2D eigenvalue weighted by molar-refractivity contribution is 5.74. The summed E-state index contributed by atoms with van der Waals surface area (Å²) >= 11 is 0. The molecule has 1 nitrogen and oxygen atoms in total. The van der Waals surface area contributed by atoms with Crippen molar-refractivity contribution in [3.05, 3.63) is 77.9 Å². The summed E-state index contributed by atoms with van der Waals surface area (Å²) in [5, 5.41) is 0. The van der Waals surface area contributed by atoms with Gasteiger partial charge in [-0.1, -0.05) is 42.5 Å². The minimum absolute atomic E-state index is 0.636. The Balaban J connectivity index is 1.91. The maximum Gasteiger partial charge on any atom is 0.416 e. The second kappa shape index (κ2) is 6.63. The van der Waals surface area contributed by atoms with E-state index in [4.69, 9.17) is 4.74 Å². The molecule has 0 atom stereocenters. The van der Waals surface area contributed by atoms with E-state index in [0.29, 0.717) is 0 Å². The highest BCUT2D eigenvalue weighted by Gasteiger charge is 2.29. The summed E-state index contributed by atoms with van der Waals surface area (Å²) in [7, 11) is 1.62. The third-order valence-corrected chi connectivity index (χ3v) is 4.17. The fourth-order valence-corrected chi connectivity index (χ4v) is 2.79. The first-order chi connectivity index (χ1) is 11.9. The first-order valence-corrected chi connectivity index (χ1v) is 7.81. The van der Waals surface area contributed by atoms with Crippen molar-refractivity contribution in [1.82, 2.24) is 0 Å². The molecule has 0 bridgehead atoms. The Morgan fingerprint density at radius 1 is 0.720 bits per heavy atom. The lowest BCUT2D eigenvalue weighted by Crippen LogP contribution is -2.03. The Morgan fingerprint density at radius 2 is 1.28 bits per heavy atom. The van der Waals surface area contributed by atoms with Gasteiger partial charge in [-0.3, -0.25) is 0 Å². The summed E-state index contributed by atoms with van der Waals surface area (Å²) in [6.07, 6.45) is -4.31.